The van der Waals surface area contributed by atoms with Crippen LogP contribution < -0.4 is 9.47 Å². The maximum atomic E-state index is 11.6. The average Bonchev–Trinajstić information content (AvgIpc) is 3.11. The quantitative estimate of drug-likeness (QED) is 0.600. The number of carboxylic acids is 1. The van der Waals surface area contributed by atoms with E-state index in [2.05, 4.69) is 5.10 Å². The van der Waals surface area contributed by atoms with Crippen LogP contribution in [0.2, 0.25) is 5.02 Å². The Morgan fingerprint density at radius 1 is 1.18 bits per heavy atom. The summed E-state index contributed by atoms with van der Waals surface area (Å²) in [5.41, 5.74) is 1.18. The van der Waals surface area contributed by atoms with Gasteiger partial charge in [-0.15, -0.1) is 0 Å². The fourth-order valence-corrected chi connectivity index (χ4v) is 2.79. The lowest BCUT2D eigenvalue weighted by Crippen LogP contribution is -2.26. The standard InChI is InChI=1S/C20H19ClN2O5/c1-27-18-4-2-3-5-19(18)28-12-15(24)11-23-17(20(25)26)10-16(22-23)13-6-8-14(21)9-7-13/h2-10,15,24H,11-12H2,1H3,(H,25,26). The third-order valence-electron chi connectivity index (χ3n) is 4.02. The maximum absolute atomic E-state index is 11.6. The minimum atomic E-state index is -1.13. The molecule has 28 heavy (non-hydrogen) atoms. The molecule has 2 N–H and O–H groups in total. The van der Waals surface area contributed by atoms with Crippen molar-refractivity contribution in [1.82, 2.24) is 9.78 Å². The summed E-state index contributed by atoms with van der Waals surface area (Å²) in [4.78, 5) is 11.6. The molecule has 0 spiro atoms. The van der Waals surface area contributed by atoms with Crippen molar-refractivity contribution in [2.45, 2.75) is 12.6 Å². The second kappa shape index (κ2) is 8.77. The van der Waals surface area contributed by atoms with Crippen molar-refractivity contribution in [3.05, 3.63) is 65.3 Å². The highest BCUT2D eigenvalue weighted by molar-refractivity contribution is 6.30. The zero-order chi connectivity index (χ0) is 20.1. The minimum Gasteiger partial charge on any atom is -0.493 e. The number of aromatic nitrogens is 2. The minimum absolute atomic E-state index is 0.0266. The van der Waals surface area contributed by atoms with Gasteiger partial charge in [-0.1, -0.05) is 35.9 Å². The molecule has 0 saturated carbocycles. The highest BCUT2D eigenvalue weighted by atomic mass is 35.5. The first-order valence-electron chi connectivity index (χ1n) is 8.49. The van der Waals surface area contributed by atoms with E-state index in [9.17, 15) is 15.0 Å². The third kappa shape index (κ3) is 4.62. The molecule has 1 unspecified atom stereocenters. The molecule has 0 fully saturated rings. The van der Waals surface area contributed by atoms with E-state index >= 15 is 0 Å². The van der Waals surface area contributed by atoms with Crippen LogP contribution >= 0.6 is 11.6 Å². The van der Waals surface area contributed by atoms with Crippen molar-refractivity contribution < 1.29 is 24.5 Å². The number of aliphatic hydroxyl groups excluding tert-OH is 1. The number of ether oxygens (including phenoxy) is 2. The Balaban J connectivity index is 1.73. The molecule has 0 saturated heterocycles. The first kappa shape index (κ1) is 19.7. The van der Waals surface area contributed by atoms with Crippen LogP contribution in [-0.2, 0) is 6.54 Å². The van der Waals surface area contributed by atoms with Gasteiger partial charge in [0.1, 0.15) is 18.4 Å². The Hall–Kier alpha value is -3.03. The summed E-state index contributed by atoms with van der Waals surface area (Å²) >= 11 is 5.89. The van der Waals surface area contributed by atoms with Crippen LogP contribution in [0.5, 0.6) is 11.5 Å². The molecule has 1 atom stereocenters. The van der Waals surface area contributed by atoms with E-state index in [1.807, 2.05) is 6.07 Å². The van der Waals surface area contributed by atoms with Gasteiger partial charge in [0.15, 0.2) is 11.5 Å². The molecule has 1 aromatic heterocycles. The average molecular weight is 403 g/mol. The molecule has 0 aliphatic carbocycles. The first-order valence-corrected chi connectivity index (χ1v) is 8.86. The summed E-state index contributed by atoms with van der Waals surface area (Å²) in [7, 11) is 1.53. The fraction of sp³-hybridized carbons (Fsp3) is 0.200. The van der Waals surface area contributed by atoms with Crippen LogP contribution in [0.1, 0.15) is 10.5 Å². The van der Waals surface area contributed by atoms with Crippen LogP contribution in [-0.4, -0.2) is 45.8 Å². The molecule has 0 bridgehead atoms. The zero-order valence-corrected chi connectivity index (χ0v) is 15.8. The molecule has 0 aliphatic heterocycles. The van der Waals surface area contributed by atoms with Gasteiger partial charge in [0.05, 0.1) is 19.3 Å². The van der Waals surface area contributed by atoms with Gasteiger partial charge >= 0.3 is 5.97 Å². The number of rotatable bonds is 8. The summed E-state index contributed by atoms with van der Waals surface area (Å²) in [6.45, 7) is -0.0834. The van der Waals surface area contributed by atoms with Crippen molar-refractivity contribution in [3.8, 4) is 22.8 Å². The van der Waals surface area contributed by atoms with Gasteiger partial charge in [-0.2, -0.15) is 5.10 Å². The van der Waals surface area contributed by atoms with Crippen molar-refractivity contribution in [3.63, 3.8) is 0 Å². The molecule has 2 aromatic carbocycles. The Morgan fingerprint density at radius 3 is 2.50 bits per heavy atom. The number of benzene rings is 2. The summed E-state index contributed by atoms with van der Waals surface area (Å²) in [5, 5.41) is 24.6. The molecule has 7 nitrogen and oxygen atoms in total. The molecule has 8 heteroatoms. The van der Waals surface area contributed by atoms with E-state index in [-0.39, 0.29) is 18.8 Å². The fourth-order valence-electron chi connectivity index (χ4n) is 2.67. The molecular formula is C20H19ClN2O5. The van der Waals surface area contributed by atoms with Gasteiger partial charge in [0, 0.05) is 10.6 Å². The zero-order valence-electron chi connectivity index (χ0n) is 15.1. The van der Waals surface area contributed by atoms with E-state index < -0.39 is 12.1 Å². The number of halogens is 1. The number of carboxylic acid groups (broad SMARTS) is 1. The Kier molecular flexibility index (Phi) is 6.18. The number of nitrogens with zero attached hydrogens (tertiary/aromatic N) is 2. The van der Waals surface area contributed by atoms with E-state index in [4.69, 9.17) is 21.1 Å². The largest absolute Gasteiger partial charge is 0.493 e. The molecule has 0 amide bonds. The van der Waals surface area contributed by atoms with Gasteiger partial charge in [0.25, 0.3) is 0 Å². The molecule has 1 heterocycles. The van der Waals surface area contributed by atoms with E-state index in [1.165, 1.54) is 17.9 Å². The van der Waals surface area contributed by atoms with Gasteiger partial charge in [0.2, 0.25) is 0 Å². The molecule has 146 valence electrons. The smallest absolute Gasteiger partial charge is 0.354 e. The van der Waals surface area contributed by atoms with Crippen molar-refractivity contribution >= 4 is 17.6 Å². The van der Waals surface area contributed by atoms with Crippen LogP contribution in [0.4, 0.5) is 0 Å². The number of aliphatic hydroxyl groups is 1. The topological polar surface area (TPSA) is 93.8 Å². The van der Waals surface area contributed by atoms with Gasteiger partial charge < -0.3 is 19.7 Å². The van der Waals surface area contributed by atoms with Gasteiger partial charge in [-0.25, -0.2) is 4.79 Å². The van der Waals surface area contributed by atoms with Crippen LogP contribution in [0.3, 0.4) is 0 Å². The number of carbonyl (C=O) groups is 1. The van der Waals surface area contributed by atoms with Crippen molar-refractivity contribution in [2.24, 2.45) is 0 Å². The molecule has 0 aliphatic rings. The van der Waals surface area contributed by atoms with E-state index in [0.29, 0.717) is 22.2 Å². The lowest BCUT2D eigenvalue weighted by atomic mass is 10.1. The maximum Gasteiger partial charge on any atom is 0.354 e. The second-order valence-corrected chi connectivity index (χ2v) is 6.46. The number of methoxy groups -OCH3 is 1. The Morgan fingerprint density at radius 2 is 1.86 bits per heavy atom. The number of para-hydroxylation sites is 2. The number of hydrogen-bond acceptors (Lipinski definition) is 5. The van der Waals surface area contributed by atoms with Crippen LogP contribution in [0.25, 0.3) is 11.3 Å². The molecule has 3 aromatic rings. The predicted octanol–water partition coefficient (Wildman–Crippen LogP) is 3.35. The summed E-state index contributed by atoms with van der Waals surface area (Å²) in [6.07, 6.45) is -0.971. The van der Waals surface area contributed by atoms with Crippen molar-refractivity contribution in [2.75, 3.05) is 13.7 Å². The van der Waals surface area contributed by atoms with Gasteiger partial charge in [-0.3, -0.25) is 4.68 Å². The SMILES string of the molecule is COc1ccccc1OCC(O)Cn1nc(-c2ccc(Cl)cc2)cc1C(=O)O. The summed E-state index contributed by atoms with van der Waals surface area (Å²) in [5.74, 6) is -0.0968. The van der Waals surface area contributed by atoms with E-state index in [0.717, 1.165) is 5.56 Å². The highest BCUT2D eigenvalue weighted by Crippen LogP contribution is 2.26. The van der Waals surface area contributed by atoms with Gasteiger partial charge in [-0.05, 0) is 30.3 Å². The molecule has 0 radical (unpaired) electrons. The lowest BCUT2D eigenvalue weighted by molar-refractivity contribution is 0.0658. The molecular weight excluding hydrogens is 384 g/mol. The van der Waals surface area contributed by atoms with Crippen LogP contribution in [0.15, 0.2) is 54.6 Å². The first-order chi connectivity index (χ1) is 13.5. The normalized spacial score (nSPS) is 11.8. The van der Waals surface area contributed by atoms with E-state index in [1.54, 1.807) is 42.5 Å². The summed E-state index contributed by atoms with van der Waals surface area (Å²) < 4.78 is 12.0. The molecule has 3 rings (SSSR count). The Labute approximate surface area is 166 Å². The second-order valence-electron chi connectivity index (χ2n) is 6.02. The predicted molar refractivity (Wildman–Crippen MR) is 104 cm³/mol. The lowest BCUT2D eigenvalue weighted by Gasteiger charge is -2.15. The van der Waals surface area contributed by atoms with Crippen LogP contribution in [0, 0.1) is 0 Å². The number of hydrogen-bond donors (Lipinski definition) is 2. The Bertz CT molecular complexity index is 955. The highest BCUT2D eigenvalue weighted by Gasteiger charge is 2.18. The summed E-state index contributed by atoms with van der Waals surface area (Å²) in [6, 6.07) is 15.4. The number of aromatic carboxylic acids is 1. The van der Waals surface area contributed by atoms with Crippen molar-refractivity contribution in [1.29, 1.82) is 0 Å². The third-order valence-corrected chi connectivity index (χ3v) is 4.28. The monoisotopic (exact) mass is 402 g/mol.